The first-order valence-corrected chi connectivity index (χ1v) is 9.31. The second-order valence-corrected chi connectivity index (χ2v) is 6.96. The maximum atomic E-state index is 13.8. The van der Waals surface area contributed by atoms with Gasteiger partial charge >= 0.3 is 0 Å². The Hall–Kier alpha value is -3.07. The molecule has 1 amide bonds. The second kappa shape index (κ2) is 6.83. The van der Waals surface area contributed by atoms with Gasteiger partial charge in [-0.05, 0) is 12.5 Å². The molecule has 1 aromatic heterocycles. The SMILES string of the molecule is O=C1NCCOc2cc(F)ccc2CN2CCCOC3=Cn4ncc1c4NC32. The Labute approximate surface area is 160 Å². The molecule has 2 bridgehead atoms. The molecule has 28 heavy (non-hydrogen) atoms. The van der Waals surface area contributed by atoms with Crippen LogP contribution in [0.15, 0.2) is 30.2 Å². The van der Waals surface area contributed by atoms with Crippen LogP contribution in [0.2, 0.25) is 0 Å². The molecule has 2 aromatic rings. The standard InChI is InChI=1S/C19H20FN5O3/c20-13-3-2-12-10-24-5-1-6-27-16-11-25-17(23-18(16)24)14(9-22-25)19(26)21-4-7-28-15(12)8-13/h2-3,8-9,11,18,23H,1,4-7,10H2,(H,21,26). The van der Waals surface area contributed by atoms with E-state index in [1.54, 1.807) is 10.7 Å². The summed E-state index contributed by atoms with van der Waals surface area (Å²) in [4.78, 5) is 14.8. The lowest BCUT2D eigenvalue weighted by molar-refractivity contribution is 0.0947. The first-order chi connectivity index (χ1) is 13.7. The Bertz CT molecular complexity index is 957. The summed E-state index contributed by atoms with van der Waals surface area (Å²) in [7, 11) is 0. The van der Waals surface area contributed by atoms with Gasteiger partial charge in [-0.1, -0.05) is 6.07 Å². The van der Waals surface area contributed by atoms with Gasteiger partial charge in [-0.15, -0.1) is 0 Å². The van der Waals surface area contributed by atoms with Gasteiger partial charge in [-0.25, -0.2) is 9.07 Å². The molecule has 8 nitrogen and oxygen atoms in total. The number of nitrogens with zero attached hydrogens (tertiary/aromatic N) is 3. The van der Waals surface area contributed by atoms with Crippen LogP contribution in [0.5, 0.6) is 5.75 Å². The van der Waals surface area contributed by atoms with Crippen LogP contribution >= 0.6 is 0 Å². The number of nitrogens with one attached hydrogen (secondary N) is 2. The highest BCUT2D eigenvalue weighted by molar-refractivity contribution is 5.99. The molecule has 5 rings (SSSR count). The number of carbonyl (C=O) groups is 1. The summed E-state index contributed by atoms with van der Waals surface area (Å²) >= 11 is 0. The zero-order valence-electron chi connectivity index (χ0n) is 15.2. The summed E-state index contributed by atoms with van der Waals surface area (Å²) in [6, 6.07) is 4.58. The molecule has 9 heteroatoms. The molecular formula is C19H20FN5O3. The van der Waals surface area contributed by atoms with Crippen molar-refractivity contribution in [2.75, 3.05) is 31.6 Å². The van der Waals surface area contributed by atoms with Crippen LogP contribution in [0.4, 0.5) is 10.2 Å². The van der Waals surface area contributed by atoms with Crippen molar-refractivity contribution in [1.29, 1.82) is 0 Å². The molecule has 4 heterocycles. The number of anilines is 1. The minimum atomic E-state index is -0.352. The first kappa shape index (κ1) is 17.1. The minimum absolute atomic E-state index is 0.242. The van der Waals surface area contributed by atoms with Crippen molar-refractivity contribution in [2.45, 2.75) is 19.1 Å². The molecule has 3 aliphatic heterocycles. The summed E-state index contributed by atoms with van der Waals surface area (Å²) in [6.45, 7) is 2.48. The Balaban J connectivity index is 1.58. The number of halogens is 1. The van der Waals surface area contributed by atoms with Crippen molar-refractivity contribution in [3.05, 3.63) is 47.1 Å². The number of carbonyl (C=O) groups excluding carboxylic acids is 1. The van der Waals surface area contributed by atoms with Crippen LogP contribution in [0.25, 0.3) is 6.20 Å². The summed E-state index contributed by atoms with van der Waals surface area (Å²) in [5.74, 6) is 1.26. The van der Waals surface area contributed by atoms with Crippen molar-refractivity contribution in [1.82, 2.24) is 20.0 Å². The van der Waals surface area contributed by atoms with E-state index < -0.39 is 0 Å². The molecule has 1 saturated heterocycles. The fraction of sp³-hybridized carbons (Fsp3) is 0.368. The summed E-state index contributed by atoms with van der Waals surface area (Å²) < 4.78 is 27.1. The fourth-order valence-corrected chi connectivity index (χ4v) is 3.74. The third-order valence-electron chi connectivity index (χ3n) is 5.10. The van der Waals surface area contributed by atoms with Crippen LogP contribution in [-0.2, 0) is 11.3 Å². The van der Waals surface area contributed by atoms with Crippen molar-refractivity contribution >= 4 is 17.9 Å². The lowest BCUT2D eigenvalue weighted by Gasteiger charge is -2.34. The van der Waals surface area contributed by atoms with Gasteiger partial charge in [0, 0.05) is 24.7 Å². The number of rotatable bonds is 0. The zero-order valence-corrected chi connectivity index (χ0v) is 15.2. The second-order valence-electron chi connectivity index (χ2n) is 6.96. The van der Waals surface area contributed by atoms with Gasteiger partial charge < -0.3 is 20.1 Å². The van der Waals surface area contributed by atoms with Crippen LogP contribution in [0.3, 0.4) is 0 Å². The number of hydrogen-bond acceptors (Lipinski definition) is 6. The first-order valence-electron chi connectivity index (χ1n) is 9.31. The Kier molecular flexibility index (Phi) is 4.16. The van der Waals surface area contributed by atoms with E-state index in [1.807, 2.05) is 6.20 Å². The molecule has 146 valence electrons. The highest BCUT2D eigenvalue weighted by Gasteiger charge is 2.33. The van der Waals surface area contributed by atoms with Gasteiger partial charge in [-0.3, -0.25) is 9.69 Å². The predicted molar refractivity (Wildman–Crippen MR) is 99.1 cm³/mol. The molecular weight excluding hydrogens is 365 g/mol. The third kappa shape index (κ3) is 2.97. The number of ether oxygens (including phenoxy) is 2. The van der Waals surface area contributed by atoms with E-state index in [0.717, 1.165) is 24.3 Å². The highest BCUT2D eigenvalue weighted by Crippen LogP contribution is 2.31. The van der Waals surface area contributed by atoms with Gasteiger partial charge in [0.1, 0.15) is 35.7 Å². The van der Waals surface area contributed by atoms with E-state index in [9.17, 15) is 9.18 Å². The van der Waals surface area contributed by atoms with Crippen molar-refractivity contribution < 1.29 is 18.7 Å². The van der Waals surface area contributed by atoms with Crippen molar-refractivity contribution in [3.8, 4) is 5.75 Å². The van der Waals surface area contributed by atoms with E-state index in [0.29, 0.717) is 36.8 Å². The normalized spacial score (nSPS) is 21.8. The molecule has 0 radical (unpaired) electrons. The Morgan fingerprint density at radius 2 is 2.18 bits per heavy atom. The third-order valence-corrected chi connectivity index (χ3v) is 5.10. The smallest absolute Gasteiger partial charge is 0.256 e. The molecule has 1 atom stereocenters. The molecule has 2 N–H and O–H groups in total. The minimum Gasteiger partial charge on any atom is -0.493 e. The maximum Gasteiger partial charge on any atom is 0.256 e. The fourth-order valence-electron chi connectivity index (χ4n) is 3.74. The highest BCUT2D eigenvalue weighted by atomic mass is 19.1. The molecule has 1 aromatic carbocycles. The molecule has 0 saturated carbocycles. The van der Waals surface area contributed by atoms with Crippen LogP contribution in [0.1, 0.15) is 22.3 Å². The Morgan fingerprint density at radius 3 is 3.11 bits per heavy atom. The number of hydrogen-bond donors (Lipinski definition) is 2. The zero-order chi connectivity index (χ0) is 19.1. The number of aromatic nitrogens is 2. The lowest BCUT2D eigenvalue weighted by atomic mass is 10.1. The van der Waals surface area contributed by atoms with E-state index in [4.69, 9.17) is 9.47 Å². The number of amides is 1. The molecule has 0 aliphatic carbocycles. The maximum absolute atomic E-state index is 13.8. The monoisotopic (exact) mass is 385 g/mol. The van der Waals surface area contributed by atoms with Gasteiger partial charge in [-0.2, -0.15) is 5.10 Å². The largest absolute Gasteiger partial charge is 0.493 e. The van der Waals surface area contributed by atoms with Crippen LogP contribution in [-0.4, -0.2) is 53.1 Å². The molecule has 3 aliphatic rings. The molecule has 1 unspecified atom stereocenters. The van der Waals surface area contributed by atoms with Gasteiger partial charge in [0.2, 0.25) is 0 Å². The Morgan fingerprint density at radius 1 is 1.25 bits per heavy atom. The quantitative estimate of drug-likeness (QED) is 0.717. The summed E-state index contributed by atoms with van der Waals surface area (Å²) in [5.41, 5.74) is 1.34. The van der Waals surface area contributed by atoms with Crippen LogP contribution in [0, 0.1) is 5.82 Å². The van der Waals surface area contributed by atoms with Gasteiger partial charge in [0.25, 0.3) is 5.91 Å². The van der Waals surface area contributed by atoms with Gasteiger partial charge in [0.05, 0.1) is 25.5 Å². The van der Waals surface area contributed by atoms with Gasteiger partial charge in [0.15, 0.2) is 5.76 Å². The van der Waals surface area contributed by atoms with Crippen molar-refractivity contribution in [2.24, 2.45) is 0 Å². The molecule has 1 fully saturated rings. The number of benzene rings is 1. The van der Waals surface area contributed by atoms with Crippen molar-refractivity contribution in [3.63, 3.8) is 0 Å². The average Bonchev–Trinajstić information content (AvgIpc) is 3.00. The predicted octanol–water partition coefficient (Wildman–Crippen LogP) is 1.62. The lowest BCUT2D eigenvalue weighted by Crippen LogP contribution is -2.44. The topological polar surface area (TPSA) is 80.7 Å². The summed E-state index contributed by atoms with van der Waals surface area (Å²) in [5, 5.41) is 10.5. The number of fused-ring (bicyclic) bond motifs is 1. The van der Waals surface area contributed by atoms with E-state index >= 15 is 0 Å². The molecule has 0 spiro atoms. The van der Waals surface area contributed by atoms with E-state index in [-0.39, 0.29) is 24.5 Å². The summed E-state index contributed by atoms with van der Waals surface area (Å²) in [6.07, 6.45) is 3.95. The average molecular weight is 385 g/mol. The van der Waals surface area contributed by atoms with E-state index in [1.165, 1.54) is 18.3 Å². The van der Waals surface area contributed by atoms with Crippen LogP contribution < -0.4 is 15.4 Å². The van der Waals surface area contributed by atoms with E-state index in [2.05, 4.69) is 20.6 Å².